The number of nitriles is 1. The van der Waals surface area contributed by atoms with E-state index in [2.05, 4.69) is 31.8 Å². The van der Waals surface area contributed by atoms with Crippen LogP contribution in [0, 0.1) is 17.1 Å². The normalized spacial score (nSPS) is 10.8. The largest absolute Gasteiger partial charge is 0.383 e. The number of nitrogens with one attached hydrogen (secondary N) is 1. The molecule has 3 N–H and O–H groups in total. The molecule has 2 aromatic carbocycles. The molecule has 2 aromatic heterocycles. The maximum Gasteiger partial charge on any atom is 0.193 e. The van der Waals surface area contributed by atoms with Crippen LogP contribution in [-0.4, -0.2) is 25.2 Å². The molecule has 0 saturated carbocycles. The van der Waals surface area contributed by atoms with Crippen LogP contribution in [0.1, 0.15) is 11.4 Å². The zero-order chi connectivity index (χ0) is 19.7. The summed E-state index contributed by atoms with van der Waals surface area (Å²) in [4.78, 5) is 5.53. The van der Waals surface area contributed by atoms with Gasteiger partial charge < -0.3 is 11.1 Å². The molecule has 0 saturated heterocycles. The van der Waals surface area contributed by atoms with Crippen LogP contribution in [0.4, 0.5) is 15.9 Å². The second kappa shape index (κ2) is 6.92. The van der Waals surface area contributed by atoms with Crippen LogP contribution in [0.15, 0.2) is 42.5 Å². The Morgan fingerprint density at radius 3 is 2.68 bits per heavy atom. The first-order chi connectivity index (χ1) is 13.6. The Hall–Kier alpha value is -4.06. The lowest BCUT2D eigenvalue weighted by atomic mass is 9.95. The number of nitrogens with two attached hydrogens (primary N) is 1. The Morgan fingerprint density at radius 2 is 2.00 bits per heavy atom. The molecule has 0 spiro atoms. The van der Waals surface area contributed by atoms with E-state index < -0.39 is 5.82 Å². The Kier molecular flexibility index (Phi) is 4.29. The van der Waals surface area contributed by atoms with Gasteiger partial charge in [0.15, 0.2) is 11.6 Å². The molecule has 2 heterocycles. The molecular weight excluding hydrogens is 359 g/mol. The van der Waals surface area contributed by atoms with E-state index in [9.17, 15) is 5.26 Å². The summed E-state index contributed by atoms with van der Waals surface area (Å²) in [6.07, 6.45) is 0. The van der Waals surface area contributed by atoms with Gasteiger partial charge in [-0.25, -0.2) is 9.37 Å². The molecular formula is C19H15FN8. The third kappa shape index (κ3) is 2.97. The molecule has 0 aliphatic carbocycles. The van der Waals surface area contributed by atoms with Crippen LogP contribution >= 0.6 is 0 Å². The maximum atomic E-state index is 15.5. The van der Waals surface area contributed by atoms with Crippen molar-refractivity contribution >= 4 is 22.4 Å². The van der Waals surface area contributed by atoms with Crippen LogP contribution in [-0.2, 0) is 13.6 Å². The van der Waals surface area contributed by atoms with Crippen molar-refractivity contribution in [3.63, 3.8) is 0 Å². The van der Waals surface area contributed by atoms with E-state index in [-0.39, 0.29) is 29.0 Å². The molecule has 8 nitrogen and oxygen atoms in total. The monoisotopic (exact) mass is 374 g/mol. The van der Waals surface area contributed by atoms with E-state index in [1.165, 1.54) is 4.80 Å². The fourth-order valence-electron chi connectivity index (χ4n) is 3.05. The summed E-state index contributed by atoms with van der Waals surface area (Å²) in [6, 6.07) is 14.4. The lowest BCUT2D eigenvalue weighted by molar-refractivity contribution is 0.627. The smallest absolute Gasteiger partial charge is 0.193 e. The van der Waals surface area contributed by atoms with Crippen molar-refractivity contribution in [2.45, 2.75) is 6.54 Å². The van der Waals surface area contributed by atoms with E-state index in [1.54, 1.807) is 31.3 Å². The van der Waals surface area contributed by atoms with Crippen molar-refractivity contribution in [2.24, 2.45) is 7.05 Å². The van der Waals surface area contributed by atoms with Gasteiger partial charge in [-0.2, -0.15) is 10.1 Å². The van der Waals surface area contributed by atoms with Crippen molar-refractivity contribution in [3.8, 4) is 17.2 Å². The number of benzene rings is 2. The molecule has 138 valence electrons. The van der Waals surface area contributed by atoms with Gasteiger partial charge in [0.25, 0.3) is 0 Å². The molecule has 0 fully saturated rings. The Bertz CT molecular complexity index is 1210. The molecule has 0 radical (unpaired) electrons. The number of fused-ring (bicyclic) bond motifs is 1. The minimum atomic E-state index is -0.524. The Balaban J connectivity index is 1.89. The fraction of sp³-hybridized carbons (Fsp3) is 0.105. The number of aromatic nitrogens is 5. The summed E-state index contributed by atoms with van der Waals surface area (Å²) in [5.41, 5.74) is 7.83. The van der Waals surface area contributed by atoms with Gasteiger partial charge in [0.2, 0.25) is 0 Å². The predicted molar refractivity (Wildman–Crippen MR) is 102 cm³/mol. The minimum Gasteiger partial charge on any atom is -0.383 e. The van der Waals surface area contributed by atoms with E-state index in [0.29, 0.717) is 22.5 Å². The highest BCUT2D eigenvalue weighted by Crippen LogP contribution is 2.37. The highest BCUT2D eigenvalue weighted by molar-refractivity contribution is 6.01. The molecule has 4 aromatic rings. The molecule has 0 unspecified atom stereocenters. The first kappa shape index (κ1) is 17.4. The zero-order valence-electron chi connectivity index (χ0n) is 14.9. The van der Waals surface area contributed by atoms with Gasteiger partial charge in [-0.15, -0.1) is 10.2 Å². The summed E-state index contributed by atoms with van der Waals surface area (Å²) in [5, 5.41) is 24.5. The predicted octanol–water partition coefficient (Wildman–Crippen LogP) is 2.63. The van der Waals surface area contributed by atoms with Gasteiger partial charge in [-0.05, 0) is 22.9 Å². The number of halogens is 1. The molecule has 4 rings (SSSR count). The highest BCUT2D eigenvalue weighted by atomic mass is 19.1. The van der Waals surface area contributed by atoms with Gasteiger partial charge in [-0.3, -0.25) is 0 Å². The molecule has 0 aliphatic heterocycles. The van der Waals surface area contributed by atoms with Crippen LogP contribution in [0.25, 0.3) is 22.0 Å². The van der Waals surface area contributed by atoms with Crippen LogP contribution in [0.3, 0.4) is 0 Å². The van der Waals surface area contributed by atoms with E-state index >= 15 is 4.39 Å². The second-order valence-corrected chi connectivity index (χ2v) is 6.09. The van der Waals surface area contributed by atoms with Crippen LogP contribution in [0.2, 0.25) is 0 Å². The number of nitrogens with zero attached hydrogens (tertiary/aromatic N) is 6. The number of pyridine rings is 1. The van der Waals surface area contributed by atoms with Crippen molar-refractivity contribution in [3.05, 3.63) is 59.7 Å². The molecule has 0 bridgehead atoms. The van der Waals surface area contributed by atoms with Gasteiger partial charge in [0, 0.05) is 10.9 Å². The first-order valence-electron chi connectivity index (χ1n) is 8.42. The zero-order valence-corrected chi connectivity index (χ0v) is 14.9. The second-order valence-electron chi connectivity index (χ2n) is 6.09. The number of aryl methyl sites for hydroxylation is 1. The van der Waals surface area contributed by atoms with Crippen molar-refractivity contribution in [1.29, 1.82) is 5.26 Å². The van der Waals surface area contributed by atoms with E-state index in [0.717, 1.165) is 0 Å². The Morgan fingerprint density at radius 1 is 1.21 bits per heavy atom. The average Bonchev–Trinajstić information content (AvgIpc) is 3.12. The quantitative estimate of drug-likeness (QED) is 0.563. The van der Waals surface area contributed by atoms with Crippen LogP contribution < -0.4 is 11.1 Å². The van der Waals surface area contributed by atoms with Gasteiger partial charge in [0.05, 0.1) is 24.8 Å². The van der Waals surface area contributed by atoms with E-state index in [1.807, 2.05) is 18.2 Å². The van der Waals surface area contributed by atoms with Crippen LogP contribution in [0.5, 0.6) is 0 Å². The number of rotatable bonds is 4. The standard InChI is InChI=1S/C19H15FN8/c1-28-26-15(25-27-28)10-23-14-8-7-13-17(18(14)20)16(11-5-3-2-4-6-11)12(9-21)19(22)24-13/h2-8,23H,10H2,1H3,(H2,22,24). The number of nitrogen functional groups attached to an aromatic ring is 1. The highest BCUT2D eigenvalue weighted by Gasteiger charge is 2.20. The van der Waals surface area contributed by atoms with Crippen molar-refractivity contribution < 1.29 is 4.39 Å². The van der Waals surface area contributed by atoms with E-state index in [4.69, 9.17) is 5.73 Å². The maximum absolute atomic E-state index is 15.5. The lowest BCUT2D eigenvalue weighted by Crippen LogP contribution is -2.06. The number of hydrogen-bond acceptors (Lipinski definition) is 7. The van der Waals surface area contributed by atoms with Gasteiger partial charge in [0.1, 0.15) is 17.5 Å². The van der Waals surface area contributed by atoms with Gasteiger partial charge >= 0.3 is 0 Å². The average molecular weight is 374 g/mol. The summed E-state index contributed by atoms with van der Waals surface area (Å²) in [6.45, 7) is 0.199. The fourth-order valence-corrected chi connectivity index (χ4v) is 3.05. The molecule has 0 aliphatic rings. The summed E-state index contributed by atoms with van der Waals surface area (Å²) in [5.74, 6) is -0.0274. The number of anilines is 2. The third-order valence-electron chi connectivity index (χ3n) is 4.28. The number of tetrazole rings is 1. The SMILES string of the molecule is Cn1nnc(CNc2ccc3nc(N)c(C#N)c(-c4ccccc4)c3c2F)n1. The Labute approximate surface area is 159 Å². The first-order valence-corrected chi connectivity index (χ1v) is 8.42. The third-order valence-corrected chi connectivity index (χ3v) is 4.28. The van der Waals surface area contributed by atoms with Gasteiger partial charge in [-0.1, -0.05) is 30.3 Å². The molecule has 0 atom stereocenters. The summed E-state index contributed by atoms with van der Waals surface area (Å²) >= 11 is 0. The summed E-state index contributed by atoms with van der Waals surface area (Å²) in [7, 11) is 1.65. The minimum absolute atomic E-state index is 0.0673. The van der Waals surface area contributed by atoms with Crippen molar-refractivity contribution in [2.75, 3.05) is 11.1 Å². The molecule has 9 heteroatoms. The van der Waals surface area contributed by atoms with Crippen molar-refractivity contribution in [1.82, 2.24) is 25.2 Å². The summed E-state index contributed by atoms with van der Waals surface area (Å²) < 4.78 is 15.5. The number of hydrogen-bond donors (Lipinski definition) is 2. The lowest BCUT2D eigenvalue weighted by Gasteiger charge is -2.14. The topological polar surface area (TPSA) is 118 Å². The molecule has 28 heavy (non-hydrogen) atoms. The molecule has 0 amide bonds.